The molecule has 4 rings (SSSR count). The number of hydrogen-bond acceptors (Lipinski definition) is 5. The van der Waals surface area contributed by atoms with E-state index in [9.17, 15) is 14.7 Å². The summed E-state index contributed by atoms with van der Waals surface area (Å²) >= 11 is 3.37. The summed E-state index contributed by atoms with van der Waals surface area (Å²) < 4.78 is 6.26. The lowest BCUT2D eigenvalue weighted by molar-refractivity contribution is -0.907. The highest BCUT2D eigenvalue weighted by Gasteiger charge is 2.44. The molecule has 0 spiro atoms. The molecule has 33 heavy (non-hydrogen) atoms. The van der Waals surface area contributed by atoms with Crippen LogP contribution in [-0.2, 0) is 14.3 Å². The van der Waals surface area contributed by atoms with E-state index in [1.165, 1.54) is 4.90 Å². The lowest BCUT2D eigenvalue weighted by Gasteiger charge is -2.30. The molecule has 2 aromatic carbocycles. The molecule has 1 amide bonds. The van der Waals surface area contributed by atoms with E-state index >= 15 is 0 Å². The van der Waals surface area contributed by atoms with Crippen molar-refractivity contribution in [3.8, 4) is 0 Å². The average Bonchev–Trinajstić information content (AvgIpc) is 3.08. The number of likely N-dealkylation sites (tertiary alicyclic amines) is 1. The molecule has 0 saturated carbocycles. The van der Waals surface area contributed by atoms with E-state index in [4.69, 9.17) is 4.74 Å². The number of ether oxygens (including phenoxy) is 1. The van der Waals surface area contributed by atoms with E-state index in [-0.39, 0.29) is 5.57 Å². The molecular weight excluding hydrogens is 486 g/mol. The van der Waals surface area contributed by atoms with Crippen LogP contribution in [0.5, 0.6) is 0 Å². The van der Waals surface area contributed by atoms with E-state index in [1.54, 1.807) is 29.2 Å². The minimum atomic E-state index is -0.707. The summed E-state index contributed by atoms with van der Waals surface area (Å²) in [6.45, 7) is 4.22. The summed E-state index contributed by atoms with van der Waals surface area (Å²) in [5.74, 6) is -1.71. The molecule has 0 aliphatic carbocycles. The van der Waals surface area contributed by atoms with Gasteiger partial charge in [-0.25, -0.2) is 0 Å². The molecule has 2 aliphatic heterocycles. The Balaban J connectivity index is 1.73. The monoisotopic (exact) mass is 513 g/mol. The maximum Gasteiger partial charge on any atom is 0.295 e. The topological polar surface area (TPSA) is 77.4 Å². The minimum Gasteiger partial charge on any atom is -0.872 e. The number of nitrogens with one attached hydrogen (secondary N) is 1. The standard InChI is InChI=1S/C25H28BrN3O4/c1-27(2)20-9-5-17(6-10-20)22-21(23(30)18-3-7-19(26)8-4-18)24(31)25(32)29(22)12-11-28-13-15-33-16-14-28/h3-10,22,30H,11-16H2,1-2H3. The molecule has 2 aromatic rings. The van der Waals surface area contributed by atoms with Crippen LogP contribution in [0.1, 0.15) is 17.2 Å². The Kier molecular flexibility index (Phi) is 7.17. The first-order chi connectivity index (χ1) is 15.9. The molecule has 174 valence electrons. The number of nitrogens with zero attached hydrogens (tertiary/aromatic N) is 2. The normalized spacial score (nSPS) is 20.9. The first-order valence-corrected chi connectivity index (χ1v) is 11.9. The van der Waals surface area contributed by atoms with Gasteiger partial charge in [-0.15, -0.1) is 0 Å². The van der Waals surface area contributed by atoms with Gasteiger partial charge in [-0.2, -0.15) is 0 Å². The van der Waals surface area contributed by atoms with E-state index in [1.807, 2.05) is 43.3 Å². The van der Waals surface area contributed by atoms with Gasteiger partial charge < -0.3 is 24.5 Å². The number of hydrogen-bond donors (Lipinski definition) is 1. The molecule has 1 atom stereocenters. The Hall–Kier alpha value is -2.68. The predicted molar refractivity (Wildman–Crippen MR) is 128 cm³/mol. The Labute approximate surface area is 202 Å². The molecule has 7 nitrogen and oxygen atoms in total. The number of rotatable bonds is 6. The van der Waals surface area contributed by atoms with Crippen LogP contribution in [0.25, 0.3) is 5.76 Å². The van der Waals surface area contributed by atoms with Gasteiger partial charge in [0.05, 0.1) is 32.3 Å². The van der Waals surface area contributed by atoms with E-state index < -0.39 is 23.5 Å². The van der Waals surface area contributed by atoms with Gasteiger partial charge in [-0.05, 0) is 35.4 Å². The largest absolute Gasteiger partial charge is 0.872 e. The molecule has 0 radical (unpaired) electrons. The zero-order valence-electron chi connectivity index (χ0n) is 18.8. The van der Waals surface area contributed by atoms with Gasteiger partial charge in [-0.3, -0.25) is 9.59 Å². The maximum atomic E-state index is 13.4. The third-order valence-corrected chi connectivity index (χ3v) is 6.80. The number of ketones is 1. The number of carbonyl (C=O) groups is 2. The Morgan fingerprint density at radius 2 is 1.73 bits per heavy atom. The molecular formula is C25H28BrN3O4. The van der Waals surface area contributed by atoms with Crippen molar-refractivity contribution in [2.24, 2.45) is 0 Å². The van der Waals surface area contributed by atoms with Gasteiger partial charge >= 0.3 is 0 Å². The highest BCUT2D eigenvalue weighted by Crippen LogP contribution is 2.38. The second-order valence-corrected chi connectivity index (χ2v) is 9.49. The van der Waals surface area contributed by atoms with E-state index in [0.717, 1.165) is 28.8 Å². The third kappa shape index (κ3) is 4.98. The highest BCUT2D eigenvalue weighted by molar-refractivity contribution is 9.10. The molecule has 8 heteroatoms. The number of Topliss-reactive ketones (excluding diaryl/α,β-unsaturated/α-hetero) is 1. The molecule has 1 unspecified atom stereocenters. The summed E-state index contributed by atoms with van der Waals surface area (Å²) in [4.78, 5) is 31.1. The molecule has 2 aliphatic rings. The average molecular weight is 514 g/mol. The predicted octanol–water partition coefficient (Wildman–Crippen LogP) is 0.654. The van der Waals surface area contributed by atoms with Gasteiger partial charge in [0.25, 0.3) is 5.91 Å². The number of anilines is 1. The van der Waals surface area contributed by atoms with Crippen molar-refractivity contribution in [3.05, 3.63) is 69.7 Å². The van der Waals surface area contributed by atoms with Crippen LogP contribution in [-0.4, -0.2) is 70.1 Å². The van der Waals surface area contributed by atoms with Crippen LogP contribution in [0.3, 0.4) is 0 Å². The SMILES string of the molecule is CN(C)c1ccc(C2C(=C([O-])c3ccc(Br)cc3)C(=O)C(=O)N2CC[NH+]2CCOCC2)cc1. The Morgan fingerprint density at radius 3 is 2.33 bits per heavy atom. The van der Waals surface area contributed by atoms with Crippen molar-refractivity contribution in [3.63, 3.8) is 0 Å². The lowest BCUT2D eigenvalue weighted by Crippen LogP contribution is -3.14. The second kappa shape index (κ2) is 10.1. The van der Waals surface area contributed by atoms with Crippen LogP contribution in [0.2, 0.25) is 0 Å². The number of quaternary nitrogens is 1. The molecule has 2 heterocycles. The minimum absolute atomic E-state index is 0.0249. The molecule has 2 saturated heterocycles. The highest BCUT2D eigenvalue weighted by atomic mass is 79.9. The smallest absolute Gasteiger partial charge is 0.295 e. The Morgan fingerprint density at radius 1 is 1.09 bits per heavy atom. The fourth-order valence-electron chi connectivity index (χ4n) is 4.35. The van der Waals surface area contributed by atoms with Crippen molar-refractivity contribution in [2.45, 2.75) is 6.04 Å². The molecule has 0 aromatic heterocycles. The zero-order valence-corrected chi connectivity index (χ0v) is 20.4. The van der Waals surface area contributed by atoms with E-state index in [0.29, 0.717) is 31.9 Å². The van der Waals surface area contributed by atoms with Crippen molar-refractivity contribution in [1.82, 2.24) is 4.90 Å². The molecule has 2 fully saturated rings. The van der Waals surface area contributed by atoms with Crippen molar-refractivity contribution >= 4 is 39.1 Å². The third-order valence-electron chi connectivity index (χ3n) is 6.27. The summed E-state index contributed by atoms with van der Waals surface area (Å²) in [6, 6.07) is 13.8. The molecule has 1 N–H and O–H groups in total. The van der Waals surface area contributed by atoms with Crippen LogP contribution in [0.15, 0.2) is 58.6 Å². The first kappa shape index (κ1) is 23.5. The summed E-state index contributed by atoms with van der Waals surface area (Å²) in [5.41, 5.74) is 2.18. The van der Waals surface area contributed by atoms with Crippen molar-refractivity contribution in [2.75, 3.05) is 58.4 Å². The van der Waals surface area contributed by atoms with Gasteiger partial charge in [0.2, 0.25) is 5.78 Å². The van der Waals surface area contributed by atoms with Crippen LogP contribution in [0, 0.1) is 0 Å². The van der Waals surface area contributed by atoms with Crippen LogP contribution < -0.4 is 14.9 Å². The van der Waals surface area contributed by atoms with Crippen LogP contribution >= 0.6 is 15.9 Å². The quantitative estimate of drug-likeness (QED) is 0.348. The summed E-state index contributed by atoms with van der Waals surface area (Å²) in [6.07, 6.45) is 0. The van der Waals surface area contributed by atoms with Gasteiger partial charge in [0.1, 0.15) is 13.1 Å². The van der Waals surface area contributed by atoms with Crippen molar-refractivity contribution in [1.29, 1.82) is 0 Å². The second-order valence-electron chi connectivity index (χ2n) is 8.58. The summed E-state index contributed by atoms with van der Waals surface area (Å²) in [7, 11) is 3.90. The lowest BCUT2D eigenvalue weighted by atomic mass is 9.95. The molecule has 0 bridgehead atoms. The fourth-order valence-corrected chi connectivity index (χ4v) is 4.61. The fraction of sp³-hybridized carbons (Fsp3) is 0.360. The van der Waals surface area contributed by atoms with Gasteiger partial charge in [0.15, 0.2) is 0 Å². The maximum absolute atomic E-state index is 13.4. The summed E-state index contributed by atoms with van der Waals surface area (Å²) in [5, 5.41) is 13.4. The van der Waals surface area contributed by atoms with E-state index in [2.05, 4.69) is 15.9 Å². The Bertz CT molecular complexity index is 1040. The first-order valence-electron chi connectivity index (χ1n) is 11.1. The van der Waals surface area contributed by atoms with Gasteiger partial charge in [-0.1, -0.05) is 46.0 Å². The number of amides is 1. The number of carbonyl (C=O) groups excluding carboxylic acids is 2. The number of morpholine rings is 1. The number of benzene rings is 2. The number of halogens is 1. The zero-order chi connectivity index (χ0) is 23.5. The van der Waals surface area contributed by atoms with Crippen molar-refractivity contribution < 1.29 is 24.3 Å². The van der Waals surface area contributed by atoms with Gasteiger partial charge in [0, 0.05) is 29.8 Å². The van der Waals surface area contributed by atoms with Crippen LogP contribution in [0.4, 0.5) is 5.69 Å².